The molecule has 0 unspecified atom stereocenters. The molecular formula is C28H33N5O5. The molecular weight excluding hydrogens is 486 g/mol. The Morgan fingerprint density at radius 2 is 1.58 bits per heavy atom. The van der Waals surface area contributed by atoms with E-state index in [1.807, 2.05) is 44.2 Å². The Morgan fingerprint density at radius 1 is 0.868 bits per heavy atom. The van der Waals surface area contributed by atoms with Gasteiger partial charge in [-0.25, -0.2) is 9.50 Å². The monoisotopic (exact) mass is 519 g/mol. The van der Waals surface area contributed by atoms with E-state index >= 15 is 0 Å². The van der Waals surface area contributed by atoms with Crippen molar-refractivity contribution < 1.29 is 23.7 Å². The van der Waals surface area contributed by atoms with E-state index in [4.69, 9.17) is 18.9 Å². The molecule has 2 aromatic carbocycles. The third kappa shape index (κ3) is 5.80. The minimum Gasteiger partial charge on any atom is -0.497 e. The Balaban J connectivity index is 1.44. The largest absolute Gasteiger partial charge is 0.497 e. The first-order chi connectivity index (χ1) is 18.4. The lowest BCUT2D eigenvalue weighted by Gasteiger charge is -2.12. The number of methoxy groups -OCH3 is 4. The fourth-order valence-corrected chi connectivity index (χ4v) is 4.37. The Morgan fingerprint density at radius 3 is 2.24 bits per heavy atom. The summed E-state index contributed by atoms with van der Waals surface area (Å²) in [6, 6.07) is 11.1. The minimum absolute atomic E-state index is 0.0338. The summed E-state index contributed by atoms with van der Waals surface area (Å²) in [6.07, 6.45) is 1.50. The SMILES string of the molecule is COc1cc(OC)cc(-c2nc3nc(C)c(CCC(=O)NCCc4cc(OC)ccc4OC)c(C)n3n2)c1. The number of benzene rings is 2. The summed E-state index contributed by atoms with van der Waals surface area (Å²) >= 11 is 0. The predicted molar refractivity (Wildman–Crippen MR) is 143 cm³/mol. The van der Waals surface area contributed by atoms with Crippen LogP contribution in [0, 0.1) is 13.8 Å². The number of aromatic nitrogens is 4. The number of ether oxygens (including phenoxy) is 4. The number of carbonyl (C=O) groups is 1. The predicted octanol–water partition coefficient (Wildman–Crippen LogP) is 3.73. The van der Waals surface area contributed by atoms with Crippen LogP contribution in [0.15, 0.2) is 36.4 Å². The van der Waals surface area contributed by atoms with E-state index in [-0.39, 0.29) is 5.91 Å². The maximum absolute atomic E-state index is 12.6. The summed E-state index contributed by atoms with van der Waals surface area (Å²) < 4.78 is 23.2. The van der Waals surface area contributed by atoms with Crippen LogP contribution in [0.1, 0.15) is 28.9 Å². The Labute approximate surface area is 221 Å². The maximum Gasteiger partial charge on any atom is 0.253 e. The highest BCUT2D eigenvalue weighted by Crippen LogP contribution is 2.29. The van der Waals surface area contributed by atoms with Gasteiger partial charge in [-0.05, 0) is 68.1 Å². The number of rotatable bonds is 11. The van der Waals surface area contributed by atoms with Gasteiger partial charge in [0.25, 0.3) is 5.78 Å². The molecule has 0 radical (unpaired) electrons. The standard InChI is InChI=1S/C28H33N5O5/c1-17-24(8-10-26(34)29-12-11-19-13-21(35-3)7-9-25(19)38-6)18(2)33-28(30-17)31-27(32-33)20-14-22(36-4)16-23(15-20)37-5/h7,9,13-16H,8,10-12H2,1-6H3,(H,29,34). The van der Waals surface area contributed by atoms with Gasteiger partial charge in [-0.2, -0.15) is 4.98 Å². The Kier molecular flexibility index (Phi) is 8.30. The number of hydrogen-bond donors (Lipinski definition) is 1. The number of fused-ring (bicyclic) bond motifs is 1. The van der Waals surface area contributed by atoms with Crippen LogP contribution in [0.5, 0.6) is 23.0 Å². The molecule has 10 heteroatoms. The Hall–Kier alpha value is -4.34. The van der Waals surface area contributed by atoms with Crippen LogP contribution in [0.2, 0.25) is 0 Å². The molecule has 0 saturated carbocycles. The minimum atomic E-state index is -0.0338. The van der Waals surface area contributed by atoms with Gasteiger partial charge in [-0.3, -0.25) is 4.79 Å². The van der Waals surface area contributed by atoms with E-state index in [1.165, 1.54) is 0 Å². The van der Waals surface area contributed by atoms with Crippen LogP contribution in [-0.2, 0) is 17.6 Å². The van der Waals surface area contributed by atoms with Gasteiger partial charge >= 0.3 is 0 Å². The molecule has 4 aromatic rings. The molecule has 0 saturated heterocycles. The quantitative estimate of drug-likeness (QED) is 0.319. The van der Waals surface area contributed by atoms with Crippen molar-refractivity contribution in [2.45, 2.75) is 33.1 Å². The second-order valence-corrected chi connectivity index (χ2v) is 8.79. The maximum atomic E-state index is 12.6. The molecule has 1 amide bonds. The van der Waals surface area contributed by atoms with Crippen molar-refractivity contribution in [1.82, 2.24) is 24.9 Å². The number of carbonyl (C=O) groups excluding carboxylic acids is 1. The van der Waals surface area contributed by atoms with Gasteiger partial charge in [0.05, 0.1) is 28.4 Å². The van der Waals surface area contributed by atoms with Crippen molar-refractivity contribution in [3.05, 3.63) is 58.9 Å². The molecule has 4 rings (SSSR count). The molecule has 0 bridgehead atoms. The van der Waals surface area contributed by atoms with E-state index in [2.05, 4.69) is 20.4 Å². The van der Waals surface area contributed by atoms with Gasteiger partial charge in [0, 0.05) is 36.0 Å². The van der Waals surface area contributed by atoms with E-state index in [0.29, 0.717) is 48.9 Å². The lowest BCUT2D eigenvalue weighted by molar-refractivity contribution is -0.121. The highest BCUT2D eigenvalue weighted by atomic mass is 16.5. The van der Waals surface area contributed by atoms with Crippen LogP contribution in [0.25, 0.3) is 17.2 Å². The summed E-state index contributed by atoms with van der Waals surface area (Å²) in [6.45, 7) is 4.39. The highest BCUT2D eigenvalue weighted by Gasteiger charge is 2.17. The third-order valence-electron chi connectivity index (χ3n) is 6.46. The number of nitrogens with zero attached hydrogens (tertiary/aromatic N) is 4. The lowest BCUT2D eigenvalue weighted by Crippen LogP contribution is -2.26. The average Bonchev–Trinajstić information content (AvgIpc) is 3.36. The summed E-state index contributed by atoms with van der Waals surface area (Å²) in [5.74, 6) is 3.80. The summed E-state index contributed by atoms with van der Waals surface area (Å²) in [5, 5.41) is 7.68. The van der Waals surface area contributed by atoms with Crippen molar-refractivity contribution in [1.29, 1.82) is 0 Å². The molecule has 0 atom stereocenters. The summed E-state index contributed by atoms with van der Waals surface area (Å²) in [7, 11) is 6.45. The van der Waals surface area contributed by atoms with Crippen LogP contribution >= 0.6 is 0 Å². The van der Waals surface area contributed by atoms with Crippen LogP contribution in [0.3, 0.4) is 0 Å². The fourth-order valence-electron chi connectivity index (χ4n) is 4.37. The highest BCUT2D eigenvalue weighted by molar-refractivity contribution is 5.76. The average molecular weight is 520 g/mol. The first-order valence-electron chi connectivity index (χ1n) is 12.3. The Bertz CT molecular complexity index is 1430. The number of aryl methyl sites for hydroxylation is 2. The molecule has 38 heavy (non-hydrogen) atoms. The topological polar surface area (TPSA) is 109 Å². The van der Waals surface area contributed by atoms with Crippen LogP contribution in [-0.4, -0.2) is 60.5 Å². The molecule has 1 N–H and O–H groups in total. The van der Waals surface area contributed by atoms with Crippen molar-refractivity contribution in [3.63, 3.8) is 0 Å². The zero-order valence-corrected chi connectivity index (χ0v) is 22.6. The summed E-state index contributed by atoms with van der Waals surface area (Å²) in [5.41, 5.74) is 4.43. The number of nitrogens with one attached hydrogen (secondary N) is 1. The molecule has 2 heterocycles. The fraction of sp³-hybridized carbons (Fsp3) is 0.357. The van der Waals surface area contributed by atoms with Gasteiger partial charge < -0.3 is 24.3 Å². The molecule has 0 aliphatic heterocycles. The van der Waals surface area contributed by atoms with E-state index in [0.717, 1.165) is 39.6 Å². The second-order valence-electron chi connectivity index (χ2n) is 8.79. The summed E-state index contributed by atoms with van der Waals surface area (Å²) in [4.78, 5) is 21.9. The van der Waals surface area contributed by atoms with Gasteiger partial charge in [-0.1, -0.05) is 0 Å². The van der Waals surface area contributed by atoms with Gasteiger partial charge in [0.15, 0.2) is 5.82 Å². The number of hydrogen-bond acceptors (Lipinski definition) is 8. The van der Waals surface area contributed by atoms with Gasteiger partial charge in [0.1, 0.15) is 23.0 Å². The molecule has 0 spiro atoms. The van der Waals surface area contributed by atoms with Crippen LogP contribution < -0.4 is 24.3 Å². The van der Waals surface area contributed by atoms with Gasteiger partial charge in [-0.15, -0.1) is 5.10 Å². The zero-order valence-electron chi connectivity index (χ0n) is 22.6. The normalized spacial score (nSPS) is 10.9. The van der Waals surface area contributed by atoms with Crippen molar-refractivity contribution in [2.75, 3.05) is 35.0 Å². The molecule has 10 nitrogen and oxygen atoms in total. The van der Waals surface area contributed by atoms with E-state index in [9.17, 15) is 4.79 Å². The smallest absolute Gasteiger partial charge is 0.253 e. The lowest BCUT2D eigenvalue weighted by atomic mass is 10.1. The van der Waals surface area contributed by atoms with Crippen molar-refractivity contribution >= 4 is 11.7 Å². The van der Waals surface area contributed by atoms with E-state index < -0.39 is 0 Å². The molecule has 200 valence electrons. The molecule has 0 fully saturated rings. The second kappa shape index (κ2) is 11.8. The van der Waals surface area contributed by atoms with E-state index in [1.54, 1.807) is 39.0 Å². The first kappa shape index (κ1) is 26.7. The number of amides is 1. The molecule has 0 aliphatic carbocycles. The van der Waals surface area contributed by atoms with Crippen LogP contribution in [0.4, 0.5) is 0 Å². The molecule has 2 aromatic heterocycles. The zero-order chi connectivity index (χ0) is 27.2. The van der Waals surface area contributed by atoms with Crippen molar-refractivity contribution in [2.24, 2.45) is 0 Å². The third-order valence-corrected chi connectivity index (χ3v) is 6.46. The molecule has 0 aliphatic rings. The van der Waals surface area contributed by atoms with Gasteiger partial charge in [0.2, 0.25) is 5.91 Å². The first-order valence-corrected chi connectivity index (χ1v) is 12.3. The van der Waals surface area contributed by atoms with Crippen molar-refractivity contribution in [3.8, 4) is 34.4 Å².